The number of rotatable bonds is 5. The van der Waals surface area contributed by atoms with Gasteiger partial charge in [-0.1, -0.05) is 0 Å². The summed E-state index contributed by atoms with van der Waals surface area (Å²) < 4.78 is 2.96. The third-order valence-electron chi connectivity index (χ3n) is 3.17. The molecular formula is C13H18BrN5. The van der Waals surface area contributed by atoms with Crippen molar-refractivity contribution in [1.29, 1.82) is 0 Å². The molecule has 0 saturated heterocycles. The van der Waals surface area contributed by atoms with Crippen molar-refractivity contribution in [2.24, 2.45) is 12.9 Å². The maximum Gasteiger partial charge on any atom is 0.0738 e. The van der Waals surface area contributed by atoms with Gasteiger partial charge in [0.15, 0.2) is 0 Å². The van der Waals surface area contributed by atoms with Crippen LogP contribution in [0.2, 0.25) is 0 Å². The number of hydrogen-bond acceptors (Lipinski definition) is 4. The van der Waals surface area contributed by atoms with Gasteiger partial charge in [0, 0.05) is 31.9 Å². The summed E-state index contributed by atoms with van der Waals surface area (Å²) in [4.78, 5) is 4.02. The molecule has 5 nitrogen and oxygen atoms in total. The molecule has 0 saturated carbocycles. The van der Waals surface area contributed by atoms with Crippen LogP contribution >= 0.6 is 15.9 Å². The molecule has 1 atom stereocenters. The van der Waals surface area contributed by atoms with Crippen molar-refractivity contribution >= 4 is 15.9 Å². The van der Waals surface area contributed by atoms with Crippen LogP contribution in [0.15, 0.2) is 29.0 Å². The van der Waals surface area contributed by atoms with E-state index in [2.05, 4.69) is 31.4 Å². The number of nitrogens with one attached hydrogen (secondary N) is 1. The number of hydrogen-bond donors (Lipinski definition) is 2. The summed E-state index contributed by atoms with van der Waals surface area (Å²) in [6.07, 6.45) is 5.27. The highest BCUT2D eigenvalue weighted by molar-refractivity contribution is 9.10. The third kappa shape index (κ3) is 3.40. The zero-order valence-electron chi connectivity index (χ0n) is 11.1. The van der Waals surface area contributed by atoms with Crippen LogP contribution in [0.3, 0.4) is 0 Å². The van der Waals surface area contributed by atoms with Gasteiger partial charge >= 0.3 is 0 Å². The molecule has 0 aliphatic heterocycles. The highest BCUT2D eigenvalue weighted by atomic mass is 79.9. The van der Waals surface area contributed by atoms with E-state index in [4.69, 9.17) is 5.84 Å². The highest BCUT2D eigenvalue weighted by Crippen LogP contribution is 2.22. The maximum atomic E-state index is 5.66. The second-order valence-electron chi connectivity index (χ2n) is 4.60. The third-order valence-corrected chi connectivity index (χ3v) is 4.20. The SMILES string of the molecule is Cc1nn(C)c(CC(Cc2ccncc2)NN)c1Br. The van der Waals surface area contributed by atoms with Gasteiger partial charge in [0.1, 0.15) is 0 Å². The zero-order valence-corrected chi connectivity index (χ0v) is 12.7. The summed E-state index contributed by atoms with van der Waals surface area (Å²) in [5, 5.41) is 4.40. The normalized spacial score (nSPS) is 12.6. The Morgan fingerprint density at radius 1 is 1.37 bits per heavy atom. The van der Waals surface area contributed by atoms with E-state index in [0.717, 1.165) is 28.7 Å². The van der Waals surface area contributed by atoms with Crippen LogP contribution in [-0.2, 0) is 19.9 Å². The standard InChI is InChI=1S/C13H18BrN5/c1-9-13(14)12(19(2)18-9)8-11(17-15)7-10-3-5-16-6-4-10/h3-6,11,17H,7-8,15H2,1-2H3. The van der Waals surface area contributed by atoms with Gasteiger partial charge in [0.2, 0.25) is 0 Å². The average Bonchev–Trinajstić information content (AvgIpc) is 2.65. The Bertz CT molecular complexity index is 537. The summed E-state index contributed by atoms with van der Waals surface area (Å²) >= 11 is 3.58. The highest BCUT2D eigenvalue weighted by Gasteiger charge is 2.16. The van der Waals surface area contributed by atoms with Gasteiger partial charge in [-0.3, -0.25) is 20.9 Å². The topological polar surface area (TPSA) is 68.8 Å². The van der Waals surface area contributed by atoms with Crippen LogP contribution < -0.4 is 11.3 Å². The molecule has 3 N–H and O–H groups in total. The Morgan fingerprint density at radius 2 is 2.05 bits per heavy atom. The fraction of sp³-hybridized carbons (Fsp3) is 0.385. The molecule has 2 aromatic rings. The molecule has 102 valence electrons. The minimum absolute atomic E-state index is 0.161. The molecule has 0 aromatic carbocycles. The van der Waals surface area contributed by atoms with E-state index in [1.54, 1.807) is 12.4 Å². The number of halogens is 1. The molecule has 2 heterocycles. The first-order chi connectivity index (χ1) is 9.11. The molecule has 0 amide bonds. The zero-order chi connectivity index (χ0) is 13.8. The van der Waals surface area contributed by atoms with Gasteiger partial charge in [0.25, 0.3) is 0 Å². The number of nitrogens with zero attached hydrogens (tertiary/aromatic N) is 3. The Labute approximate surface area is 121 Å². The van der Waals surface area contributed by atoms with E-state index in [0.29, 0.717) is 0 Å². The lowest BCUT2D eigenvalue weighted by molar-refractivity contribution is 0.504. The quantitative estimate of drug-likeness (QED) is 0.646. The van der Waals surface area contributed by atoms with Crippen molar-refractivity contribution in [3.63, 3.8) is 0 Å². The van der Waals surface area contributed by atoms with Gasteiger partial charge in [-0.25, -0.2) is 0 Å². The summed E-state index contributed by atoms with van der Waals surface area (Å²) in [5.41, 5.74) is 6.24. The maximum absolute atomic E-state index is 5.66. The second-order valence-corrected chi connectivity index (χ2v) is 5.39. The van der Waals surface area contributed by atoms with Gasteiger partial charge < -0.3 is 0 Å². The Morgan fingerprint density at radius 3 is 2.58 bits per heavy atom. The van der Waals surface area contributed by atoms with E-state index < -0.39 is 0 Å². The number of nitrogens with two attached hydrogens (primary N) is 1. The average molecular weight is 324 g/mol. The van der Waals surface area contributed by atoms with Gasteiger partial charge in [-0.2, -0.15) is 5.10 Å². The van der Waals surface area contributed by atoms with Crippen molar-refractivity contribution in [3.05, 3.63) is 46.0 Å². The number of aromatic nitrogens is 3. The van der Waals surface area contributed by atoms with E-state index >= 15 is 0 Å². The van der Waals surface area contributed by atoms with Crippen LogP contribution in [0.5, 0.6) is 0 Å². The number of aryl methyl sites for hydroxylation is 2. The summed E-state index contributed by atoms with van der Waals surface area (Å²) in [7, 11) is 1.95. The molecule has 0 fully saturated rings. The Kier molecular flexibility index (Phi) is 4.68. The Hall–Kier alpha value is -1.24. The summed E-state index contributed by atoms with van der Waals surface area (Å²) in [6.45, 7) is 1.99. The van der Waals surface area contributed by atoms with Crippen LogP contribution in [0.4, 0.5) is 0 Å². The molecule has 0 bridgehead atoms. The summed E-state index contributed by atoms with van der Waals surface area (Å²) in [6, 6.07) is 4.18. The van der Waals surface area contributed by atoms with Gasteiger partial charge in [0.05, 0.1) is 15.9 Å². The number of pyridine rings is 1. The molecule has 6 heteroatoms. The van der Waals surface area contributed by atoms with Crippen LogP contribution in [0.25, 0.3) is 0 Å². The fourth-order valence-corrected chi connectivity index (χ4v) is 2.63. The minimum atomic E-state index is 0.161. The van der Waals surface area contributed by atoms with Crippen LogP contribution in [-0.4, -0.2) is 20.8 Å². The fourth-order valence-electron chi connectivity index (χ4n) is 2.13. The lowest BCUT2D eigenvalue weighted by Crippen LogP contribution is -2.39. The van der Waals surface area contributed by atoms with Crippen molar-refractivity contribution in [2.75, 3.05) is 0 Å². The lowest BCUT2D eigenvalue weighted by atomic mass is 10.0. The molecule has 0 radical (unpaired) electrons. The molecule has 0 spiro atoms. The largest absolute Gasteiger partial charge is 0.271 e. The molecule has 0 aliphatic carbocycles. The monoisotopic (exact) mass is 323 g/mol. The van der Waals surface area contributed by atoms with Gasteiger partial charge in [-0.15, -0.1) is 0 Å². The first-order valence-electron chi connectivity index (χ1n) is 6.14. The van der Waals surface area contributed by atoms with E-state index in [1.807, 2.05) is 30.8 Å². The van der Waals surface area contributed by atoms with Crippen molar-refractivity contribution in [3.8, 4) is 0 Å². The molecule has 2 aromatic heterocycles. The van der Waals surface area contributed by atoms with E-state index in [-0.39, 0.29) is 6.04 Å². The first-order valence-corrected chi connectivity index (χ1v) is 6.94. The molecule has 2 rings (SSSR count). The molecular weight excluding hydrogens is 306 g/mol. The van der Waals surface area contributed by atoms with E-state index in [1.165, 1.54) is 5.56 Å². The predicted molar refractivity (Wildman–Crippen MR) is 78.4 cm³/mol. The lowest BCUT2D eigenvalue weighted by Gasteiger charge is -2.16. The molecule has 1 unspecified atom stereocenters. The van der Waals surface area contributed by atoms with Crippen molar-refractivity contribution in [1.82, 2.24) is 20.2 Å². The van der Waals surface area contributed by atoms with E-state index in [9.17, 15) is 0 Å². The van der Waals surface area contributed by atoms with Crippen molar-refractivity contribution < 1.29 is 0 Å². The van der Waals surface area contributed by atoms with Crippen LogP contribution in [0.1, 0.15) is 17.0 Å². The van der Waals surface area contributed by atoms with Gasteiger partial charge in [-0.05, 0) is 47.0 Å². The molecule has 0 aliphatic rings. The predicted octanol–water partition coefficient (Wildman–Crippen LogP) is 1.50. The second kappa shape index (κ2) is 6.27. The Balaban J connectivity index is 2.11. The summed E-state index contributed by atoms with van der Waals surface area (Å²) in [5.74, 6) is 5.66. The first kappa shape index (κ1) is 14.2. The smallest absolute Gasteiger partial charge is 0.0738 e. The van der Waals surface area contributed by atoms with Crippen LogP contribution in [0, 0.1) is 6.92 Å². The number of hydrazine groups is 1. The minimum Gasteiger partial charge on any atom is -0.271 e. The molecule has 19 heavy (non-hydrogen) atoms. The van der Waals surface area contributed by atoms with Crippen molar-refractivity contribution in [2.45, 2.75) is 25.8 Å².